The lowest BCUT2D eigenvalue weighted by molar-refractivity contribution is 0.276. The number of hydrogen-bond acceptors (Lipinski definition) is 4. The maximum atomic E-state index is 12.4. The Bertz CT molecular complexity index is 545. The predicted molar refractivity (Wildman–Crippen MR) is 71.1 cm³/mol. The largest absolute Gasteiger partial charge is 0.392 e. The van der Waals surface area contributed by atoms with Crippen molar-refractivity contribution in [1.29, 1.82) is 0 Å². The van der Waals surface area contributed by atoms with Crippen molar-refractivity contribution in [2.75, 3.05) is 0 Å². The summed E-state index contributed by atoms with van der Waals surface area (Å²) >= 11 is 0. The smallest absolute Gasteiger partial charge is 0.260 e. The highest BCUT2D eigenvalue weighted by Crippen LogP contribution is 2.29. The van der Waals surface area contributed by atoms with Crippen LogP contribution in [0.1, 0.15) is 50.3 Å². The van der Waals surface area contributed by atoms with Crippen molar-refractivity contribution < 1.29 is 13.5 Å². The van der Waals surface area contributed by atoms with Gasteiger partial charge in [0.1, 0.15) is 0 Å². The van der Waals surface area contributed by atoms with Gasteiger partial charge in [0.25, 0.3) is 10.0 Å². The van der Waals surface area contributed by atoms with Gasteiger partial charge in [0.2, 0.25) is 0 Å². The molecule has 0 spiro atoms. The number of aliphatic hydroxyl groups is 1. The second kappa shape index (κ2) is 5.22. The van der Waals surface area contributed by atoms with E-state index in [0.717, 1.165) is 32.1 Å². The molecule has 6 nitrogen and oxygen atoms in total. The van der Waals surface area contributed by atoms with Crippen LogP contribution in [0.4, 0.5) is 0 Å². The van der Waals surface area contributed by atoms with Gasteiger partial charge >= 0.3 is 0 Å². The van der Waals surface area contributed by atoms with Gasteiger partial charge in [0, 0.05) is 16.8 Å². The first-order chi connectivity index (χ1) is 8.88. The molecule has 0 unspecified atom stereocenters. The summed E-state index contributed by atoms with van der Waals surface area (Å²) in [5.41, 5.74) is 0.514. The number of aromatic amines is 1. The van der Waals surface area contributed by atoms with Gasteiger partial charge in [-0.3, -0.25) is 5.10 Å². The number of H-pyrrole nitrogens is 1. The lowest BCUT2D eigenvalue weighted by Crippen LogP contribution is -2.47. The van der Waals surface area contributed by atoms with Crippen molar-refractivity contribution in [3.8, 4) is 0 Å². The normalized spacial score (nSPS) is 19.5. The summed E-state index contributed by atoms with van der Waals surface area (Å²) in [6.07, 6.45) is 4.89. The fourth-order valence-electron chi connectivity index (χ4n) is 2.65. The van der Waals surface area contributed by atoms with Gasteiger partial charge in [-0.15, -0.1) is 0 Å². The molecule has 19 heavy (non-hydrogen) atoms. The van der Waals surface area contributed by atoms with E-state index in [-0.39, 0.29) is 11.6 Å². The van der Waals surface area contributed by atoms with Gasteiger partial charge in [-0.2, -0.15) is 5.10 Å². The predicted octanol–water partition coefficient (Wildman–Crippen LogP) is 1.21. The zero-order valence-electron chi connectivity index (χ0n) is 11.4. The number of nitrogens with one attached hydrogen (secondary N) is 2. The van der Waals surface area contributed by atoms with Gasteiger partial charge in [-0.05, 0) is 26.7 Å². The summed E-state index contributed by atoms with van der Waals surface area (Å²) in [5, 5.41) is 15.6. The van der Waals surface area contributed by atoms with Crippen LogP contribution >= 0.6 is 0 Å². The lowest BCUT2D eigenvalue weighted by Gasteiger charge is -2.33. The highest BCUT2D eigenvalue weighted by Gasteiger charge is 2.34. The van der Waals surface area contributed by atoms with E-state index in [1.807, 2.05) is 6.92 Å². The van der Waals surface area contributed by atoms with Crippen molar-refractivity contribution in [1.82, 2.24) is 14.9 Å². The first-order valence-corrected chi connectivity index (χ1v) is 8.05. The Labute approximate surface area is 113 Å². The van der Waals surface area contributed by atoms with E-state index >= 15 is 0 Å². The number of aromatic nitrogens is 2. The summed E-state index contributed by atoms with van der Waals surface area (Å²) < 4.78 is 27.5. The van der Waals surface area contributed by atoms with Crippen LogP contribution in [-0.2, 0) is 16.6 Å². The highest BCUT2D eigenvalue weighted by atomic mass is 32.2. The van der Waals surface area contributed by atoms with Crippen LogP contribution in [0.2, 0.25) is 0 Å². The fourth-order valence-corrected chi connectivity index (χ4v) is 4.30. The van der Waals surface area contributed by atoms with Gasteiger partial charge in [-0.1, -0.05) is 19.3 Å². The summed E-state index contributed by atoms with van der Waals surface area (Å²) in [4.78, 5) is 0. The molecule has 0 aliphatic heterocycles. The molecule has 3 N–H and O–H groups in total. The molecule has 1 aromatic rings. The molecular weight excluding hydrogens is 266 g/mol. The molecular formula is C12H21N3O3S. The molecule has 0 radical (unpaired) electrons. The van der Waals surface area contributed by atoms with Crippen molar-refractivity contribution in [2.24, 2.45) is 0 Å². The quantitative estimate of drug-likeness (QED) is 0.775. The standard InChI is InChI=1S/C12H21N3O3S/c1-9-10(8-16)11(14-13-9)19(17,18)15-12(2)6-4-3-5-7-12/h15-16H,3-8H2,1-2H3,(H,13,14). The van der Waals surface area contributed by atoms with Crippen LogP contribution < -0.4 is 4.72 Å². The van der Waals surface area contributed by atoms with Crippen LogP contribution in [0.25, 0.3) is 0 Å². The molecule has 0 amide bonds. The van der Waals surface area contributed by atoms with E-state index in [2.05, 4.69) is 14.9 Å². The molecule has 1 aliphatic carbocycles. The monoisotopic (exact) mass is 287 g/mol. The van der Waals surface area contributed by atoms with Crippen molar-refractivity contribution in [3.63, 3.8) is 0 Å². The molecule has 1 aromatic heterocycles. The zero-order chi connectivity index (χ0) is 14.1. The first-order valence-electron chi connectivity index (χ1n) is 6.57. The topological polar surface area (TPSA) is 95.1 Å². The lowest BCUT2D eigenvalue weighted by atomic mass is 9.84. The third-order valence-corrected chi connectivity index (χ3v) is 5.39. The highest BCUT2D eigenvalue weighted by molar-refractivity contribution is 7.89. The van der Waals surface area contributed by atoms with Gasteiger partial charge in [0.05, 0.1) is 6.61 Å². The molecule has 0 bridgehead atoms. The first kappa shape index (κ1) is 14.5. The Morgan fingerprint density at radius 2 is 2.00 bits per heavy atom. The van der Waals surface area contributed by atoms with Crippen molar-refractivity contribution >= 4 is 10.0 Å². The van der Waals surface area contributed by atoms with E-state index < -0.39 is 15.6 Å². The summed E-state index contributed by atoms with van der Waals surface area (Å²) in [7, 11) is -3.69. The summed E-state index contributed by atoms with van der Waals surface area (Å²) in [6.45, 7) is 3.29. The van der Waals surface area contributed by atoms with Crippen molar-refractivity contribution in [3.05, 3.63) is 11.3 Å². The maximum Gasteiger partial charge on any atom is 0.260 e. The molecule has 1 aliphatic rings. The molecule has 1 fully saturated rings. The average Bonchev–Trinajstić information content (AvgIpc) is 2.70. The fraction of sp³-hybridized carbons (Fsp3) is 0.750. The number of aryl methyl sites for hydroxylation is 1. The third kappa shape index (κ3) is 2.98. The molecule has 2 rings (SSSR count). The van der Waals surface area contributed by atoms with Gasteiger partial charge < -0.3 is 5.11 Å². The van der Waals surface area contributed by atoms with Crippen LogP contribution in [0.3, 0.4) is 0 Å². The number of rotatable bonds is 4. The minimum absolute atomic E-state index is 0.0840. The Balaban J connectivity index is 2.27. The van der Waals surface area contributed by atoms with E-state index in [9.17, 15) is 13.5 Å². The van der Waals surface area contributed by atoms with Crippen LogP contribution in [0, 0.1) is 6.92 Å². The Hall–Kier alpha value is -0.920. The molecule has 1 saturated carbocycles. The maximum absolute atomic E-state index is 12.4. The van der Waals surface area contributed by atoms with Crippen LogP contribution in [-0.4, -0.2) is 29.3 Å². The molecule has 0 aromatic carbocycles. The van der Waals surface area contributed by atoms with E-state index in [1.54, 1.807) is 6.92 Å². The van der Waals surface area contributed by atoms with Crippen LogP contribution in [0.5, 0.6) is 0 Å². The van der Waals surface area contributed by atoms with E-state index in [4.69, 9.17) is 0 Å². The Kier molecular flexibility index (Phi) is 3.98. The third-order valence-electron chi connectivity index (χ3n) is 3.79. The molecule has 0 atom stereocenters. The van der Waals surface area contributed by atoms with E-state index in [1.165, 1.54) is 0 Å². The molecule has 108 valence electrons. The second-order valence-electron chi connectivity index (χ2n) is 5.52. The van der Waals surface area contributed by atoms with Crippen molar-refractivity contribution in [2.45, 2.75) is 63.1 Å². The number of nitrogens with zero attached hydrogens (tertiary/aromatic N) is 1. The minimum atomic E-state index is -3.69. The number of aliphatic hydroxyl groups excluding tert-OH is 1. The zero-order valence-corrected chi connectivity index (χ0v) is 12.2. The molecule has 7 heteroatoms. The number of sulfonamides is 1. The van der Waals surface area contributed by atoms with Crippen LogP contribution in [0.15, 0.2) is 5.03 Å². The average molecular weight is 287 g/mol. The van der Waals surface area contributed by atoms with Gasteiger partial charge in [0.15, 0.2) is 5.03 Å². The SMILES string of the molecule is Cc1[nH]nc(S(=O)(=O)NC2(C)CCCCC2)c1CO. The Morgan fingerprint density at radius 3 is 2.58 bits per heavy atom. The number of hydrogen-bond donors (Lipinski definition) is 3. The summed E-state index contributed by atoms with van der Waals surface area (Å²) in [5.74, 6) is 0. The van der Waals surface area contributed by atoms with E-state index in [0.29, 0.717) is 11.3 Å². The molecule has 1 heterocycles. The Morgan fingerprint density at radius 1 is 1.37 bits per heavy atom. The second-order valence-corrected chi connectivity index (χ2v) is 7.11. The minimum Gasteiger partial charge on any atom is -0.392 e. The summed E-state index contributed by atoms with van der Waals surface area (Å²) in [6, 6.07) is 0. The van der Waals surface area contributed by atoms with Gasteiger partial charge in [-0.25, -0.2) is 13.1 Å². The molecule has 0 saturated heterocycles.